The predicted octanol–water partition coefficient (Wildman–Crippen LogP) is 1.55. The summed E-state index contributed by atoms with van der Waals surface area (Å²) in [4.78, 5) is 14.4. The van der Waals surface area contributed by atoms with E-state index in [1.54, 1.807) is 0 Å². The second kappa shape index (κ2) is 5.38. The van der Waals surface area contributed by atoms with Gasteiger partial charge >= 0.3 is 0 Å². The van der Waals surface area contributed by atoms with Gasteiger partial charge in [0.2, 0.25) is 5.91 Å². The lowest BCUT2D eigenvalue weighted by Gasteiger charge is -2.43. The summed E-state index contributed by atoms with van der Waals surface area (Å²) >= 11 is 0. The first kappa shape index (κ1) is 13.8. The molecule has 0 aromatic carbocycles. The predicted molar refractivity (Wildman–Crippen MR) is 66.8 cm³/mol. The molecule has 1 saturated carbocycles. The van der Waals surface area contributed by atoms with Crippen LogP contribution in [0.4, 0.5) is 0 Å². The highest BCUT2D eigenvalue weighted by Gasteiger charge is 2.50. The third-order valence-electron chi connectivity index (χ3n) is 3.94. The lowest BCUT2D eigenvalue weighted by Crippen LogP contribution is -2.56. The van der Waals surface area contributed by atoms with Crippen LogP contribution in [0.25, 0.3) is 0 Å². The van der Waals surface area contributed by atoms with Crippen LogP contribution in [0.15, 0.2) is 5.16 Å². The summed E-state index contributed by atoms with van der Waals surface area (Å²) in [6.07, 6.45) is 3.25. The maximum absolute atomic E-state index is 12.5. The number of carbonyl (C=O) groups excluding carboxylic acids is 1. The average molecular weight is 241 g/mol. The van der Waals surface area contributed by atoms with Crippen molar-refractivity contribution in [3.05, 3.63) is 0 Å². The Morgan fingerprint density at radius 1 is 1.53 bits per heavy atom. The zero-order valence-electron chi connectivity index (χ0n) is 10.9. The quantitative estimate of drug-likeness (QED) is 0.332. The van der Waals surface area contributed by atoms with Gasteiger partial charge in [0.1, 0.15) is 5.41 Å². The van der Waals surface area contributed by atoms with Gasteiger partial charge in [0.05, 0.1) is 0 Å². The fourth-order valence-corrected chi connectivity index (χ4v) is 2.36. The molecule has 0 aromatic heterocycles. The van der Waals surface area contributed by atoms with Gasteiger partial charge in [0.15, 0.2) is 5.84 Å². The zero-order chi connectivity index (χ0) is 13.1. The molecule has 0 spiro atoms. The standard InChI is InChI=1S/C12H23N3O2/c1-4-9(3)15(5-2)11(16)12(7-6-8-12)10(13)14-17/h9,17H,4-8H2,1-3H3,(H2,13,14). The highest BCUT2D eigenvalue weighted by molar-refractivity contribution is 6.07. The number of hydrogen-bond acceptors (Lipinski definition) is 3. The Kier molecular flexibility index (Phi) is 4.37. The van der Waals surface area contributed by atoms with Crippen LogP contribution in [0, 0.1) is 5.41 Å². The molecular formula is C12H23N3O2. The number of nitrogens with zero attached hydrogens (tertiary/aromatic N) is 2. The van der Waals surface area contributed by atoms with Gasteiger partial charge in [-0.25, -0.2) is 0 Å². The first-order valence-corrected chi connectivity index (χ1v) is 6.32. The minimum atomic E-state index is -0.742. The molecule has 1 atom stereocenters. The van der Waals surface area contributed by atoms with E-state index in [0.717, 1.165) is 12.8 Å². The zero-order valence-corrected chi connectivity index (χ0v) is 10.9. The number of carbonyl (C=O) groups is 1. The molecule has 0 aliphatic heterocycles. The van der Waals surface area contributed by atoms with E-state index in [4.69, 9.17) is 10.9 Å². The molecule has 0 saturated heterocycles. The third kappa shape index (κ3) is 2.23. The number of amides is 1. The van der Waals surface area contributed by atoms with Crippen LogP contribution in [0.1, 0.15) is 46.5 Å². The van der Waals surface area contributed by atoms with Crippen LogP contribution in [-0.2, 0) is 4.79 Å². The number of rotatable bonds is 5. The number of oxime groups is 1. The molecule has 1 aliphatic rings. The van der Waals surface area contributed by atoms with E-state index in [1.165, 1.54) is 0 Å². The smallest absolute Gasteiger partial charge is 0.236 e. The average Bonchev–Trinajstić information content (AvgIpc) is 2.27. The van der Waals surface area contributed by atoms with E-state index in [1.807, 2.05) is 18.7 Å². The van der Waals surface area contributed by atoms with Crippen LogP contribution in [0.2, 0.25) is 0 Å². The van der Waals surface area contributed by atoms with Crippen molar-refractivity contribution in [3.63, 3.8) is 0 Å². The molecular weight excluding hydrogens is 218 g/mol. The molecule has 17 heavy (non-hydrogen) atoms. The van der Waals surface area contributed by atoms with Crippen molar-refractivity contribution in [2.24, 2.45) is 16.3 Å². The normalized spacial score (nSPS) is 20.5. The van der Waals surface area contributed by atoms with Crippen molar-refractivity contribution in [1.82, 2.24) is 4.90 Å². The van der Waals surface area contributed by atoms with Gasteiger partial charge in [-0.1, -0.05) is 18.5 Å². The largest absolute Gasteiger partial charge is 0.409 e. The molecule has 1 aliphatic carbocycles. The molecule has 1 amide bonds. The van der Waals surface area contributed by atoms with E-state index in [2.05, 4.69) is 12.1 Å². The molecule has 1 unspecified atom stereocenters. The van der Waals surface area contributed by atoms with Crippen molar-refractivity contribution in [2.75, 3.05) is 6.54 Å². The molecule has 3 N–H and O–H groups in total. The van der Waals surface area contributed by atoms with Crippen molar-refractivity contribution < 1.29 is 10.0 Å². The Hall–Kier alpha value is -1.26. The minimum absolute atomic E-state index is 0.0101. The Balaban J connectivity index is 2.93. The van der Waals surface area contributed by atoms with E-state index in [9.17, 15) is 4.79 Å². The van der Waals surface area contributed by atoms with Crippen molar-refractivity contribution in [1.29, 1.82) is 0 Å². The van der Waals surface area contributed by atoms with Gasteiger partial charge in [-0.05, 0) is 33.1 Å². The van der Waals surface area contributed by atoms with Gasteiger partial charge < -0.3 is 15.8 Å². The molecule has 0 bridgehead atoms. The lowest BCUT2D eigenvalue weighted by molar-refractivity contribution is -0.144. The topological polar surface area (TPSA) is 78.9 Å². The van der Waals surface area contributed by atoms with Gasteiger partial charge in [0, 0.05) is 12.6 Å². The van der Waals surface area contributed by atoms with Crippen LogP contribution in [0.3, 0.4) is 0 Å². The lowest BCUT2D eigenvalue weighted by atomic mass is 9.66. The Morgan fingerprint density at radius 3 is 2.41 bits per heavy atom. The molecule has 1 rings (SSSR count). The van der Waals surface area contributed by atoms with Gasteiger partial charge in [-0.15, -0.1) is 0 Å². The third-order valence-corrected chi connectivity index (χ3v) is 3.94. The number of hydrogen-bond donors (Lipinski definition) is 2. The monoisotopic (exact) mass is 241 g/mol. The molecule has 5 nitrogen and oxygen atoms in total. The molecule has 5 heteroatoms. The van der Waals surface area contributed by atoms with Crippen molar-refractivity contribution in [2.45, 2.75) is 52.5 Å². The Bertz CT molecular complexity index is 311. The maximum atomic E-state index is 12.5. The summed E-state index contributed by atoms with van der Waals surface area (Å²) in [6, 6.07) is 0.191. The SMILES string of the molecule is CCC(C)N(CC)C(=O)C1(C(N)=NO)CCC1. The van der Waals surface area contributed by atoms with E-state index in [-0.39, 0.29) is 17.8 Å². The van der Waals surface area contributed by atoms with Crippen LogP contribution in [0.5, 0.6) is 0 Å². The summed E-state index contributed by atoms with van der Waals surface area (Å²) in [5.74, 6) is 0.0754. The number of nitrogens with two attached hydrogens (primary N) is 1. The Morgan fingerprint density at radius 2 is 2.12 bits per heavy atom. The van der Waals surface area contributed by atoms with Crippen molar-refractivity contribution >= 4 is 11.7 Å². The van der Waals surface area contributed by atoms with Crippen LogP contribution in [-0.4, -0.2) is 34.4 Å². The van der Waals surface area contributed by atoms with E-state index >= 15 is 0 Å². The fourth-order valence-electron chi connectivity index (χ4n) is 2.36. The summed E-state index contributed by atoms with van der Waals surface area (Å²) in [5.41, 5.74) is 4.96. The molecule has 1 fully saturated rings. The van der Waals surface area contributed by atoms with Gasteiger partial charge in [-0.2, -0.15) is 0 Å². The first-order chi connectivity index (χ1) is 8.03. The highest BCUT2D eigenvalue weighted by Crippen LogP contribution is 2.43. The van der Waals surface area contributed by atoms with Crippen molar-refractivity contribution in [3.8, 4) is 0 Å². The highest BCUT2D eigenvalue weighted by atomic mass is 16.4. The van der Waals surface area contributed by atoms with Crippen LogP contribution >= 0.6 is 0 Å². The molecule has 0 aromatic rings. The fraction of sp³-hybridized carbons (Fsp3) is 0.833. The molecule has 0 radical (unpaired) electrons. The maximum Gasteiger partial charge on any atom is 0.236 e. The van der Waals surface area contributed by atoms with Crippen LogP contribution < -0.4 is 5.73 Å². The second-order valence-electron chi connectivity index (χ2n) is 4.77. The summed E-state index contributed by atoms with van der Waals surface area (Å²) in [5, 5.41) is 11.9. The summed E-state index contributed by atoms with van der Waals surface area (Å²) < 4.78 is 0. The number of amidine groups is 1. The minimum Gasteiger partial charge on any atom is -0.409 e. The summed E-state index contributed by atoms with van der Waals surface area (Å²) in [6.45, 7) is 6.70. The molecule has 0 heterocycles. The van der Waals surface area contributed by atoms with E-state index in [0.29, 0.717) is 19.4 Å². The van der Waals surface area contributed by atoms with Gasteiger partial charge in [-0.3, -0.25) is 4.79 Å². The first-order valence-electron chi connectivity index (χ1n) is 6.32. The Labute approximate surface area is 103 Å². The molecule has 98 valence electrons. The summed E-state index contributed by atoms with van der Waals surface area (Å²) in [7, 11) is 0. The van der Waals surface area contributed by atoms with E-state index < -0.39 is 5.41 Å². The second-order valence-corrected chi connectivity index (χ2v) is 4.77. The van der Waals surface area contributed by atoms with Gasteiger partial charge in [0.25, 0.3) is 0 Å².